The van der Waals surface area contributed by atoms with Crippen molar-refractivity contribution >= 4 is 27.7 Å². The van der Waals surface area contributed by atoms with Gasteiger partial charge in [-0.1, -0.05) is 0 Å². The molecule has 0 saturated carbocycles. The number of rotatable bonds is 0. The Labute approximate surface area is 90.2 Å². The van der Waals surface area contributed by atoms with E-state index in [4.69, 9.17) is 11.5 Å². The molecule has 14 heavy (non-hydrogen) atoms. The molecule has 0 amide bonds. The molecule has 2 nitrogen and oxygen atoms in total. The van der Waals surface area contributed by atoms with Crippen LogP contribution >= 0.6 is 22.7 Å². The second kappa shape index (κ2) is 2.82. The average molecular weight is 222 g/mol. The molecule has 1 aliphatic rings. The van der Waals surface area contributed by atoms with E-state index < -0.39 is 0 Å². The molecule has 1 aliphatic carbocycles. The van der Waals surface area contributed by atoms with Crippen LogP contribution in [0, 0.1) is 0 Å². The highest BCUT2D eigenvalue weighted by Crippen LogP contribution is 2.44. The van der Waals surface area contributed by atoms with Crippen molar-refractivity contribution in [1.29, 1.82) is 0 Å². The lowest BCUT2D eigenvalue weighted by Gasteiger charge is -2.18. The van der Waals surface area contributed by atoms with Crippen molar-refractivity contribution in [2.75, 3.05) is 5.73 Å². The summed E-state index contributed by atoms with van der Waals surface area (Å²) in [5.74, 6) is 0. The minimum atomic E-state index is 0.163. The lowest BCUT2D eigenvalue weighted by molar-refractivity contribution is 0.738. The number of hydrogen-bond acceptors (Lipinski definition) is 4. The molecular weight excluding hydrogens is 212 g/mol. The van der Waals surface area contributed by atoms with Crippen LogP contribution in [-0.2, 0) is 6.42 Å². The second-order valence-corrected chi connectivity index (χ2v) is 5.61. The number of anilines is 1. The molecule has 0 bridgehead atoms. The molecule has 3 rings (SSSR count). The lowest BCUT2D eigenvalue weighted by atomic mass is 9.95. The first kappa shape index (κ1) is 8.47. The van der Waals surface area contributed by atoms with Crippen molar-refractivity contribution in [3.63, 3.8) is 0 Å². The van der Waals surface area contributed by atoms with Crippen LogP contribution in [-0.4, -0.2) is 0 Å². The van der Waals surface area contributed by atoms with Crippen molar-refractivity contribution < 1.29 is 0 Å². The highest BCUT2D eigenvalue weighted by Gasteiger charge is 2.24. The van der Waals surface area contributed by atoms with E-state index in [1.165, 1.54) is 20.9 Å². The molecule has 0 aromatic carbocycles. The Balaban J connectivity index is 2.28. The molecule has 1 atom stereocenters. The van der Waals surface area contributed by atoms with Gasteiger partial charge in [0.25, 0.3) is 0 Å². The monoisotopic (exact) mass is 222 g/mol. The van der Waals surface area contributed by atoms with Crippen LogP contribution in [0.4, 0.5) is 5.00 Å². The third kappa shape index (κ3) is 1.05. The topological polar surface area (TPSA) is 52.0 Å². The van der Waals surface area contributed by atoms with Gasteiger partial charge in [-0.15, -0.1) is 22.7 Å². The Morgan fingerprint density at radius 1 is 1.36 bits per heavy atom. The first-order valence-corrected chi connectivity index (χ1v) is 6.17. The zero-order valence-corrected chi connectivity index (χ0v) is 9.12. The number of thiophene rings is 2. The van der Waals surface area contributed by atoms with E-state index in [-0.39, 0.29) is 6.04 Å². The minimum absolute atomic E-state index is 0.163. The van der Waals surface area contributed by atoms with Crippen LogP contribution in [0.25, 0.3) is 11.1 Å². The number of nitrogen functional groups attached to an aromatic ring is 1. The van der Waals surface area contributed by atoms with E-state index >= 15 is 0 Å². The van der Waals surface area contributed by atoms with E-state index in [0.717, 1.165) is 11.4 Å². The van der Waals surface area contributed by atoms with Gasteiger partial charge in [0.2, 0.25) is 0 Å². The van der Waals surface area contributed by atoms with Gasteiger partial charge >= 0.3 is 0 Å². The average Bonchev–Trinajstić information content (AvgIpc) is 2.69. The quantitative estimate of drug-likeness (QED) is 0.720. The SMILES string of the molecule is Nc1cc2c(s1)CC(N)c1sccc1-2. The Kier molecular flexibility index (Phi) is 1.71. The lowest BCUT2D eigenvalue weighted by Crippen LogP contribution is -2.15. The first-order chi connectivity index (χ1) is 6.75. The summed E-state index contributed by atoms with van der Waals surface area (Å²) in [6, 6.07) is 4.37. The molecule has 0 spiro atoms. The van der Waals surface area contributed by atoms with Gasteiger partial charge in [0.1, 0.15) is 0 Å². The zero-order valence-electron chi connectivity index (χ0n) is 7.49. The third-order valence-electron chi connectivity index (χ3n) is 2.56. The van der Waals surface area contributed by atoms with Gasteiger partial charge in [0.05, 0.1) is 5.00 Å². The number of hydrogen-bond donors (Lipinski definition) is 2. The maximum absolute atomic E-state index is 6.09. The second-order valence-electron chi connectivity index (χ2n) is 3.49. The highest BCUT2D eigenvalue weighted by atomic mass is 32.1. The highest BCUT2D eigenvalue weighted by molar-refractivity contribution is 7.16. The fourth-order valence-electron chi connectivity index (χ4n) is 1.95. The van der Waals surface area contributed by atoms with Crippen LogP contribution in [0.1, 0.15) is 15.8 Å². The first-order valence-electron chi connectivity index (χ1n) is 4.47. The van der Waals surface area contributed by atoms with E-state index in [9.17, 15) is 0 Å². The number of nitrogens with two attached hydrogens (primary N) is 2. The van der Waals surface area contributed by atoms with Crippen molar-refractivity contribution in [2.24, 2.45) is 5.73 Å². The third-order valence-corrected chi connectivity index (χ3v) is 4.59. The van der Waals surface area contributed by atoms with Crippen molar-refractivity contribution in [3.05, 3.63) is 27.3 Å². The van der Waals surface area contributed by atoms with Crippen molar-refractivity contribution in [2.45, 2.75) is 12.5 Å². The molecule has 2 aromatic heterocycles. The van der Waals surface area contributed by atoms with Gasteiger partial charge in [0, 0.05) is 22.2 Å². The predicted octanol–water partition coefficient (Wildman–Crippen LogP) is 2.61. The summed E-state index contributed by atoms with van der Waals surface area (Å²) in [5, 5.41) is 2.99. The Hall–Kier alpha value is -0.840. The van der Waals surface area contributed by atoms with E-state index in [1.807, 2.05) is 0 Å². The van der Waals surface area contributed by atoms with E-state index in [1.54, 1.807) is 22.7 Å². The fourth-order valence-corrected chi connectivity index (χ4v) is 3.87. The van der Waals surface area contributed by atoms with E-state index in [2.05, 4.69) is 17.5 Å². The Bertz CT molecular complexity index is 484. The Morgan fingerprint density at radius 3 is 3.07 bits per heavy atom. The molecule has 0 aliphatic heterocycles. The molecule has 2 aromatic rings. The maximum atomic E-state index is 6.09. The minimum Gasteiger partial charge on any atom is -0.391 e. The smallest absolute Gasteiger partial charge is 0.0865 e. The summed E-state index contributed by atoms with van der Waals surface area (Å²) in [7, 11) is 0. The zero-order chi connectivity index (χ0) is 9.71. The molecular formula is C10H10N2S2. The van der Waals surface area contributed by atoms with Gasteiger partial charge in [-0.2, -0.15) is 0 Å². The molecule has 0 radical (unpaired) electrons. The summed E-state index contributed by atoms with van der Waals surface area (Å²) in [4.78, 5) is 2.64. The molecule has 4 heteroatoms. The number of fused-ring (bicyclic) bond motifs is 3. The molecule has 72 valence electrons. The van der Waals surface area contributed by atoms with Crippen LogP contribution in [0.3, 0.4) is 0 Å². The molecule has 2 heterocycles. The summed E-state index contributed by atoms with van der Waals surface area (Å²) >= 11 is 3.41. The van der Waals surface area contributed by atoms with Gasteiger partial charge < -0.3 is 11.5 Å². The summed E-state index contributed by atoms with van der Waals surface area (Å²) in [6.07, 6.45) is 0.935. The summed E-state index contributed by atoms with van der Waals surface area (Å²) in [5.41, 5.74) is 14.5. The van der Waals surface area contributed by atoms with Crippen molar-refractivity contribution in [3.8, 4) is 11.1 Å². The standard InChI is InChI=1S/C10H10N2S2/c11-7-4-8-6(3-9(12)14-8)5-1-2-13-10(5)7/h1-3,7H,4,11-12H2. The fraction of sp³-hybridized carbons (Fsp3) is 0.200. The van der Waals surface area contributed by atoms with E-state index in [0.29, 0.717) is 0 Å². The van der Waals surface area contributed by atoms with Gasteiger partial charge in [0.15, 0.2) is 0 Å². The van der Waals surface area contributed by atoms with Crippen LogP contribution in [0.15, 0.2) is 17.5 Å². The predicted molar refractivity (Wildman–Crippen MR) is 62.7 cm³/mol. The normalized spacial score (nSPS) is 19.1. The Morgan fingerprint density at radius 2 is 2.21 bits per heavy atom. The summed E-state index contributed by atoms with van der Waals surface area (Å²) < 4.78 is 0. The van der Waals surface area contributed by atoms with Crippen molar-refractivity contribution in [1.82, 2.24) is 0 Å². The molecule has 1 unspecified atom stereocenters. The van der Waals surface area contributed by atoms with Crippen LogP contribution in [0.5, 0.6) is 0 Å². The molecule has 0 saturated heterocycles. The molecule has 0 fully saturated rings. The van der Waals surface area contributed by atoms with Gasteiger partial charge in [-0.25, -0.2) is 0 Å². The largest absolute Gasteiger partial charge is 0.391 e. The van der Waals surface area contributed by atoms with Gasteiger partial charge in [-0.3, -0.25) is 0 Å². The summed E-state index contributed by atoms with van der Waals surface area (Å²) in [6.45, 7) is 0. The van der Waals surface area contributed by atoms with Gasteiger partial charge in [-0.05, 0) is 28.6 Å². The van der Waals surface area contributed by atoms with Crippen LogP contribution in [0.2, 0.25) is 0 Å². The van der Waals surface area contributed by atoms with Crippen LogP contribution < -0.4 is 11.5 Å². The maximum Gasteiger partial charge on any atom is 0.0865 e. The molecule has 4 N–H and O–H groups in total.